The normalized spacial score (nSPS) is 14.8. The van der Waals surface area contributed by atoms with E-state index >= 15 is 0 Å². The molecule has 0 saturated heterocycles. The highest BCUT2D eigenvalue weighted by Gasteiger charge is 2.10. The van der Waals surface area contributed by atoms with E-state index in [-0.39, 0.29) is 0 Å². The molecular weight excluding hydrogens is 188 g/mol. The average molecular weight is 209 g/mol. The Kier molecular flexibility index (Phi) is 6.48. The molecule has 0 amide bonds. The molecule has 0 fully saturated rings. The SMILES string of the molecule is CC(CCCl)SCCC(C)(C)C. The molecule has 1 unspecified atom stereocenters. The summed E-state index contributed by atoms with van der Waals surface area (Å²) in [5.74, 6) is 2.06. The molecule has 0 aliphatic rings. The molecule has 74 valence electrons. The van der Waals surface area contributed by atoms with Gasteiger partial charge in [-0.1, -0.05) is 27.7 Å². The molecule has 0 nitrogen and oxygen atoms in total. The summed E-state index contributed by atoms with van der Waals surface area (Å²) < 4.78 is 0. The molecule has 0 aliphatic carbocycles. The van der Waals surface area contributed by atoms with Gasteiger partial charge in [0.2, 0.25) is 0 Å². The number of thioether (sulfide) groups is 1. The van der Waals surface area contributed by atoms with Gasteiger partial charge in [-0.05, 0) is 24.0 Å². The first-order chi connectivity index (χ1) is 5.45. The summed E-state index contributed by atoms with van der Waals surface area (Å²) in [5, 5.41) is 0.727. The van der Waals surface area contributed by atoms with Crippen LogP contribution in [-0.2, 0) is 0 Å². The van der Waals surface area contributed by atoms with Crippen molar-refractivity contribution in [3.63, 3.8) is 0 Å². The van der Waals surface area contributed by atoms with Crippen molar-refractivity contribution < 1.29 is 0 Å². The average Bonchev–Trinajstić information content (AvgIpc) is 1.84. The molecule has 0 aromatic carbocycles. The number of halogens is 1. The first-order valence-electron chi connectivity index (χ1n) is 4.63. The van der Waals surface area contributed by atoms with Crippen LogP contribution in [0.2, 0.25) is 0 Å². The van der Waals surface area contributed by atoms with E-state index < -0.39 is 0 Å². The molecule has 1 atom stereocenters. The van der Waals surface area contributed by atoms with E-state index in [0.717, 1.165) is 17.6 Å². The largest absolute Gasteiger partial charge is 0.159 e. The second kappa shape index (κ2) is 6.15. The Balaban J connectivity index is 3.31. The van der Waals surface area contributed by atoms with Gasteiger partial charge in [0.15, 0.2) is 0 Å². The maximum absolute atomic E-state index is 5.65. The number of hydrogen-bond donors (Lipinski definition) is 0. The fraction of sp³-hybridized carbons (Fsp3) is 1.00. The summed E-state index contributed by atoms with van der Waals surface area (Å²) >= 11 is 7.70. The Morgan fingerprint density at radius 1 is 1.33 bits per heavy atom. The van der Waals surface area contributed by atoms with Gasteiger partial charge in [0.1, 0.15) is 0 Å². The van der Waals surface area contributed by atoms with E-state index in [0.29, 0.717) is 5.41 Å². The smallest absolute Gasteiger partial charge is 0.0233 e. The Hall–Kier alpha value is 0.640. The lowest BCUT2D eigenvalue weighted by molar-refractivity contribution is 0.401. The van der Waals surface area contributed by atoms with E-state index in [1.807, 2.05) is 11.8 Å². The molecule has 0 radical (unpaired) electrons. The molecule has 0 aromatic rings. The topological polar surface area (TPSA) is 0 Å². The third-order valence-corrected chi connectivity index (χ3v) is 3.23. The van der Waals surface area contributed by atoms with Crippen LogP contribution in [0.5, 0.6) is 0 Å². The summed E-state index contributed by atoms with van der Waals surface area (Å²) in [7, 11) is 0. The van der Waals surface area contributed by atoms with Gasteiger partial charge in [-0.25, -0.2) is 0 Å². The van der Waals surface area contributed by atoms with Crippen molar-refractivity contribution in [3.05, 3.63) is 0 Å². The van der Waals surface area contributed by atoms with Gasteiger partial charge in [0, 0.05) is 11.1 Å². The quantitative estimate of drug-likeness (QED) is 0.612. The van der Waals surface area contributed by atoms with Gasteiger partial charge in [-0.3, -0.25) is 0 Å². The van der Waals surface area contributed by atoms with Gasteiger partial charge < -0.3 is 0 Å². The highest BCUT2D eigenvalue weighted by molar-refractivity contribution is 7.99. The Bertz CT molecular complexity index is 107. The van der Waals surface area contributed by atoms with E-state index in [1.54, 1.807) is 0 Å². The minimum Gasteiger partial charge on any atom is -0.159 e. The Labute approximate surface area is 86.5 Å². The lowest BCUT2D eigenvalue weighted by Gasteiger charge is -2.18. The molecule has 0 bridgehead atoms. The van der Waals surface area contributed by atoms with Crippen LogP contribution in [0.15, 0.2) is 0 Å². The molecule has 0 rings (SSSR count). The van der Waals surface area contributed by atoms with Crippen LogP contribution in [0, 0.1) is 5.41 Å². The van der Waals surface area contributed by atoms with Crippen LogP contribution in [-0.4, -0.2) is 16.9 Å². The summed E-state index contributed by atoms with van der Waals surface area (Å²) in [6, 6.07) is 0. The van der Waals surface area contributed by atoms with Crippen molar-refractivity contribution >= 4 is 23.4 Å². The molecular formula is C10H21ClS. The molecule has 0 N–H and O–H groups in total. The van der Waals surface area contributed by atoms with E-state index in [9.17, 15) is 0 Å². The van der Waals surface area contributed by atoms with Crippen molar-refractivity contribution in [1.29, 1.82) is 0 Å². The predicted octanol–water partition coefficient (Wildman–Crippen LogP) is 4.17. The Morgan fingerprint density at radius 2 is 1.92 bits per heavy atom. The summed E-state index contributed by atoms with van der Waals surface area (Å²) in [4.78, 5) is 0. The van der Waals surface area contributed by atoms with Crippen LogP contribution < -0.4 is 0 Å². The highest BCUT2D eigenvalue weighted by Crippen LogP contribution is 2.24. The van der Waals surface area contributed by atoms with Gasteiger partial charge in [-0.15, -0.1) is 11.6 Å². The lowest BCUT2D eigenvalue weighted by atomic mass is 9.94. The number of hydrogen-bond acceptors (Lipinski definition) is 1. The zero-order chi connectivity index (χ0) is 9.61. The highest BCUT2D eigenvalue weighted by atomic mass is 35.5. The number of rotatable bonds is 5. The maximum Gasteiger partial charge on any atom is 0.0233 e. The first-order valence-corrected chi connectivity index (χ1v) is 6.21. The zero-order valence-corrected chi connectivity index (χ0v) is 10.3. The minimum absolute atomic E-state index is 0.480. The van der Waals surface area contributed by atoms with Crippen molar-refractivity contribution in [1.82, 2.24) is 0 Å². The van der Waals surface area contributed by atoms with Crippen LogP contribution in [0.1, 0.15) is 40.5 Å². The predicted molar refractivity (Wildman–Crippen MR) is 61.3 cm³/mol. The summed E-state index contributed by atoms with van der Waals surface area (Å²) in [5.41, 5.74) is 0.480. The molecule has 0 saturated carbocycles. The van der Waals surface area contributed by atoms with Crippen molar-refractivity contribution in [2.24, 2.45) is 5.41 Å². The molecule has 0 heterocycles. The monoisotopic (exact) mass is 208 g/mol. The van der Waals surface area contributed by atoms with Gasteiger partial charge >= 0.3 is 0 Å². The van der Waals surface area contributed by atoms with E-state index in [4.69, 9.17) is 11.6 Å². The van der Waals surface area contributed by atoms with Gasteiger partial charge in [0.05, 0.1) is 0 Å². The fourth-order valence-electron chi connectivity index (χ4n) is 0.803. The van der Waals surface area contributed by atoms with Crippen LogP contribution in [0.25, 0.3) is 0 Å². The third kappa shape index (κ3) is 8.73. The van der Waals surface area contributed by atoms with Crippen LogP contribution >= 0.6 is 23.4 Å². The zero-order valence-electron chi connectivity index (χ0n) is 8.69. The summed E-state index contributed by atoms with van der Waals surface area (Å²) in [6.07, 6.45) is 2.43. The van der Waals surface area contributed by atoms with Gasteiger partial charge in [-0.2, -0.15) is 11.8 Å². The van der Waals surface area contributed by atoms with Crippen molar-refractivity contribution in [3.8, 4) is 0 Å². The third-order valence-electron chi connectivity index (χ3n) is 1.77. The van der Waals surface area contributed by atoms with Crippen molar-refractivity contribution in [2.45, 2.75) is 45.8 Å². The molecule has 12 heavy (non-hydrogen) atoms. The molecule has 0 spiro atoms. The van der Waals surface area contributed by atoms with Crippen molar-refractivity contribution in [2.75, 3.05) is 11.6 Å². The van der Waals surface area contributed by atoms with Gasteiger partial charge in [0.25, 0.3) is 0 Å². The van der Waals surface area contributed by atoms with E-state index in [1.165, 1.54) is 12.2 Å². The minimum atomic E-state index is 0.480. The van der Waals surface area contributed by atoms with E-state index in [2.05, 4.69) is 27.7 Å². The maximum atomic E-state index is 5.65. The molecule has 0 aromatic heterocycles. The second-order valence-corrected chi connectivity index (χ2v) is 6.39. The Morgan fingerprint density at radius 3 is 2.33 bits per heavy atom. The molecule has 2 heteroatoms. The second-order valence-electron chi connectivity index (χ2n) is 4.47. The first kappa shape index (κ1) is 12.6. The lowest BCUT2D eigenvalue weighted by Crippen LogP contribution is -2.08. The summed E-state index contributed by atoms with van der Waals surface area (Å²) in [6.45, 7) is 9.13. The van der Waals surface area contributed by atoms with Crippen LogP contribution in [0.3, 0.4) is 0 Å². The number of alkyl halides is 1. The fourth-order valence-corrected chi connectivity index (χ4v) is 2.68. The van der Waals surface area contributed by atoms with Crippen LogP contribution in [0.4, 0.5) is 0 Å². The standard InChI is InChI=1S/C10H21ClS/c1-9(5-7-11)12-8-6-10(2,3)4/h9H,5-8H2,1-4H3. The molecule has 0 aliphatic heterocycles.